The first kappa shape index (κ1) is 51.6. The van der Waals surface area contributed by atoms with Gasteiger partial charge in [0, 0.05) is 0 Å². The largest absolute Gasteiger partial charge is 0.394 e. The van der Waals surface area contributed by atoms with E-state index in [1.165, 1.54) is 173 Å². The van der Waals surface area contributed by atoms with Crippen molar-refractivity contribution in [2.24, 2.45) is 0 Å². The summed E-state index contributed by atoms with van der Waals surface area (Å²) in [4.78, 5) is 12.4. The number of aliphatic hydroxyl groups excluding tert-OH is 3. The number of hydrogen-bond donors (Lipinski definition) is 4. The maximum Gasteiger partial charge on any atom is 0.222 e. The minimum absolute atomic E-state index is 0.00492. The van der Waals surface area contributed by atoms with Crippen LogP contribution >= 0.6 is 0 Å². The number of amides is 1. The minimum atomic E-state index is -0.956. The summed E-state index contributed by atoms with van der Waals surface area (Å²) < 4.78 is 0. The third-order valence-corrected chi connectivity index (χ3v) is 10.7. The fraction of sp³-hybridized carbons (Fsp3) is 0.854. The first-order chi connectivity index (χ1) is 26.0. The summed E-state index contributed by atoms with van der Waals surface area (Å²) in [6, 6.07) is -0.764. The van der Waals surface area contributed by atoms with E-state index in [0.29, 0.717) is 6.42 Å². The zero-order valence-corrected chi connectivity index (χ0v) is 35.4. The molecule has 0 saturated heterocycles. The molecule has 0 saturated carbocycles. The summed E-state index contributed by atoms with van der Waals surface area (Å²) in [5, 5.41) is 33.1. The van der Waals surface area contributed by atoms with Gasteiger partial charge in [-0.15, -0.1) is 0 Å². The zero-order chi connectivity index (χ0) is 38.7. The summed E-state index contributed by atoms with van der Waals surface area (Å²) >= 11 is 0. The van der Waals surface area contributed by atoms with Crippen LogP contribution in [0.15, 0.2) is 36.5 Å². The molecule has 53 heavy (non-hydrogen) atoms. The smallest absolute Gasteiger partial charge is 0.222 e. The molecule has 0 rings (SSSR count). The van der Waals surface area contributed by atoms with Crippen molar-refractivity contribution in [1.82, 2.24) is 5.32 Å². The molecular weight excluding hydrogens is 655 g/mol. The molecule has 4 N–H and O–H groups in total. The van der Waals surface area contributed by atoms with Crippen molar-refractivity contribution in [1.29, 1.82) is 0 Å². The lowest BCUT2D eigenvalue weighted by Crippen LogP contribution is -2.45. The van der Waals surface area contributed by atoms with Gasteiger partial charge in [0.25, 0.3) is 0 Å². The summed E-state index contributed by atoms with van der Waals surface area (Å²) in [7, 11) is 0. The average Bonchev–Trinajstić information content (AvgIpc) is 3.15. The number of aliphatic hydroxyl groups is 3. The first-order valence-corrected chi connectivity index (χ1v) is 23.3. The van der Waals surface area contributed by atoms with E-state index in [-0.39, 0.29) is 18.9 Å². The van der Waals surface area contributed by atoms with Crippen LogP contribution in [0.25, 0.3) is 0 Å². The molecule has 0 heterocycles. The van der Waals surface area contributed by atoms with Gasteiger partial charge in [-0.2, -0.15) is 0 Å². The minimum Gasteiger partial charge on any atom is -0.394 e. The lowest BCUT2D eigenvalue weighted by molar-refractivity contribution is -0.124. The Morgan fingerprint density at radius 1 is 0.472 bits per heavy atom. The highest BCUT2D eigenvalue weighted by molar-refractivity contribution is 5.76. The first-order valence-electron chi connectivity index (χ1n) is 23.3. The maximum absolute atomic E-state index is 12.4. The Bertz CT molecular complexity index is 824. The number of nitrogens with one attached hydrogen (secondary N) is 1. The van der Waals surface area contributed by atoms with Crippen LogP contribution in [0.1, 0.15) is 239 Å². The van der Waals surface area contributed by atoms with Gasteiger partial charge in [-0.25, -0.2) is 0 Å². The van der Waals surface area contributed by atoms with Crippen LogP contribution in [0.2, 0.25) is 0 Å². The molecule has 3 unspecified atom stereocenters. The quantitative estimate of drug-likeness (QED) is 0.0370. The van der Waals surface area contributed by atoms with Crippen molar-refractivity contribution in [3.05, 3.63) is 36.5 Å². The van der Waals surface area contributed by atoms with E-state index in [1.54, 1.807) is 6.08 Å². The number of rotatable bonds is 42. The Labute approximate surface area is 330 Å². The van der Waals surface area contributed by atoms with Crippen molar-refractivity contribution < 1.29 is 20.1 Å². The molecule has 1 amide bonds. The van der Waals surface area contributed by atoms with E-state index >= 15 is 0 Å². The number of hydrogen-bond acceptors (Lipinski definition) is 4. The highest BCUT2D eigenvalue weighted by Gasteiger charge is 2.20. The molecular formula is C48H91NO4. The maximum atomic E-state index is 12.4. The third-order valence-electron chi connectivity index (χ3n) is 10.7. The number of allylic oxidation sites excluding steroid dienone is 5. The molecule has 312 valence electrons. The fourth-order valence-electron chi connectivity index (χ4n) is 7.06. The second-order valence-corrected chi connectivity index (χ2v) is 16.0. The third kappa shape index (κ3) is 40.1. The van der Waals surface area contributed by atoms with E-state index in [2.05, 4.69) is 43.5 Å². The fourth-order valence-corrected chi connectivity index (χ4v) is 7.06. The highest BCUT2D eigenvalue weighted by Crippen LogP contribution is 2.17. The number of carbonyl (C=O) groups excluding carboxylic acids is 1. The molecule has 0 aliphatic heterocycles. The molecule has 5 heteroatoms. The molecule has 0 spiro atoms. The average molecular weight is 746 g/mol. The van der Waals surface area contributed by atoms with Gasteiger partial charge in [-0.3, -0.25) is 4.79 Å². The summed E-state index contributed by atoms with van der Waals surface area (Å²) in [5.74, 6) is -0.328. The van der Waals surface area contributed by atoms with E-state index in [4.69, 9.17) is 0 Å². The van der Waals surface area contributed by atoms with E-state index in [9.17, 15) is 20.1 Å². The molecule has 0 aliphatic carbocycles. The van der Waals surface area contributed by atoms with Crippen molar-refractivity contribution in [3.63, 3.8) is 0 Å². The van der Waals surface area contributed by atoms with Gasteiger partial charge < -0.3 is 20.6 Å². The van der Waals surface area contributed by atoms with E-state index < -0.39 is 18.2 Å². The van der Waals surface area contributed by atoms with Gasteiger partial charge in [0.15, 0.2) is 0 Å². The predicted octanol–water partition coefficient (Wildman–Crippen LogP) is 13.5. The van der Waals surface area contributed by atoms with Crippen molar-refractivity contribution in [2.45, 2.75) is 257 Å². The molecule has 0 bridgehead atoms. The Balaban J connectivity index is 3.56. The Morgan fingerprint density at radius 3 is 1.19 bits per heavy atom. The Kier molecular flexibility index (Phi) is 42.1. The summed E-state index contributed by atoms with van der Waals surface area (Å²) in [6.07, 6.45) is 54.5. The van der Waals surface area contributed by atoms with Gasteiger partial charge >= 0.3 is 0 Å². The van der Waals surface area contributed by atoms with Gasteiger partial charge in [-0.05, 0) is 38.5 Å². The lowest BCUT2D eigenvalue weighted by atomic mass is 10.0. The normalized spacial score (nSPS) is 13.8. The van der Waals surface area contributed by atoms with Crippen molar-refractivity contribution >= 4 is 5.91 Å². The molecule has 0 aromatic heterocycles. The van der Waals surface area contributed by atoms with Crippen LogP contribution in [0, 0.1) is 0 Å². The second kappa shape index (κ2) is 43.3. The molecule has 0 aromatic carbocycles. The van der Waals surface area contributed by atoms with Crippen LogP contribution in [0.3, 0.4) is 0 Å². The number of carbonyl (C=O) groups is 1. The second-order valence-electron chi connectivity index (χ2n) is 16.0. The van der Waals surface area contributed by atoms with Gasteiger partial charge in [0.05, 0.1) is 31.3 Å². The Morgan fingerprint density at radius 2 is 0.811 bits per heavy atom. The monoisotopic (exact) mass is 746 g/mol. The van der Waals surface area contributed by atoms with Crippen LogP contribution in [-0.2, 0) is 4.79 Å². The standard InChI is InChI=1S/C48H91NO4/c1-3-5-7-9-11-13-15-17-18-19-20-21-22-23-24-25-26-27-28-29-30-31-33-35-37-39-41-45(51)43-48(53)49-46(44-50)47(52)42-40-38-36-34-32-16-14-12-10-8-6-4-2/h10,12,32,34,40,42,45-47,50-52H,3-9,11,13-31,33,35-39,41,43-44H2,1-2H3,(H,49,53)/b12-10+,34-32+,42-40+. The van der Waals surface area contributed by atoms with Crippen molar-refractivity contribution in [3.8, 4) is 0 Å². The Hall–Kier alpha value is -1.43. The lowest BCUT2D eigenvalue weighted by Gasteiger charge is -2.21. The van der Waals surface area contributed by atoms with Crippen LogP contribution in [0.4, 0.5) is 0 Å². The summed E-state index contributed by atoms with van der Waals surface area (Å²) in [5.41, 5.74) is 0. The molecule has 0 aromatic rings. The highest BCUT2D eigenvalue weighted by atomic mass is 16.3. The van der Waals surface area contributed by atoms with Gasteiger partial charge in [-0.1, -0.05) is 230 Å². The van der Waals surface area contributed by atoms with Gasteiger partial charge in [0.2, 0.25) is 5.91 Å². The van der Waals surface area contributed by atoms with E-state index in [1.807, 2.05) is 6.08 Å². The molecule has 0 aliphatic rings. The molecule has 3 atom stereocenters. The zero-order valence-electron chi connectivity index (χ0n) is 35.4. The SMILES string of the molecule is CCCC/C=C/CC/C=C/CC/C=C/C(O)C(CO)NC(=O)CC(O)CCCCCCCCCCCCCCCCCCCCCCCCCCCC. The van der Waals surface area contributed by atoms with Gasteiger partial charge in [0.1, 0.15) is 0 Å². The molecule has 5 nitrogen and oxygen atoms in total. The van der Waals surface area contributed by atoms with Crippen molar-refractivity contribution in [2.75, 3.05) is 6.61 Å². The van der Waals surface area contributed by atoms with E-state index in [0.717, 1.165) is 38.5 Å². The summed E-state index contributed by atoms with van der Waals surface area (Å²) in [6.45, 7) is 4.16. The van der Waals surface area contributed by atoms with Crippen LogP contribution < -0.4 is 5.32 Å². The van der Waals surface area contributed by atoms with Crippen LogP contribution in [-0.4, -0.2) is 46.1 Å². The topological polar surface area (TPSA) is 89.8 Å². The predicted molar refractivity (Wildman–Crippen MR) is 231 cm³/mol. The van der Waals surface area contributed by atoms with Crippen LogP contribution in [0.5, 0.6) is 0 Å². The number of unbranched alkanes of at least 4 members (excludes halogenated alkanes) is 29. The molecule has 0 fully saturated rings. The molecule has 0 radical (unpaired) electrons.